The van der Waals surface area contributed by atoms with Gasteiger partial charge in [0.25, 0.3) is 0 Å². The highest BCUT2D eigenvalue weighted by atomic mass is 19.4. The minimum Gasteiger partial charge on any atom is -0.497 e. The molecule has 10 heteroatoms. The highest BCUT2D eigenvalue weighted by Gasteiger charge is 2.31. The average molecular weight is 532 g/mol. The summed E-state index contributed by atoms with van der Waals surface area (Å²) in [5.74, 6) is -0.778. The molecule has 3 aromatic carbocycles. The number of nitrogens with zero attached hydrogens (tertiary/aromatic N) is 1. The molecule has 1 N–H and O–H groups in total. The van der Waals surface area contributed by atoms with Gasteiger partial charge < -0.3 is 23.9 Å². The Kier molecular flexibility index (Phi) is 7.52. The number of aliphatic carboxylic acids is 1. The topological polar surface area (TPSA) is 69.9 Å². The van der Waals surface area contributed by atoms with Gasteiger partial charge in [0.15, 0.2) is 23.4 Å². The normalized spacial score (nSPS) is 12.4. The van der Waals surface area contributed by atoms with Crippen molar-refractivity contribution in [1.82, 2.24) is 4.57 Å². The van der Waals surface area contributed by atoms with Gasteiger partial charge in [0.1, 0.15) is 11.5 Å². The van der Waals surface area contributed by atoms with Crippen LogP contribution in [0.4, 0.5) is 17.6 Å². The molecule has 0 radical (unpaired) electrons. The molecule has 0 aliphatic carbocycles. The molecule has 4 rings (SSSR count). The molecule has 0 spiro atoms. The molecule has 0 saturated carbocycles. The molecular weight excluding hydrogens is 506 g/mol. The van der Waals surface area contributed by atoms with Crippen LogP contribution in [0.25, 0.3) is 10.9 Å². The Balaban J connectivity index is 1.78. The first-order chi connectivity index (χ1) is 18.0. The number of rotatable bonds is 9. The van der Waals surface area contributed by atoms with Gasteiger partial charge in [-0.05, 0) is 73.5 Å². The molecule has 200 valence electrons. The van der Waals surface area contributed by atoms with Crippen LogP contribution in [0.5, 0.6) is 23.0 Å². The molecule has 6 nitrogen and oxygen atoms in total. The highest BCUT2D eigenvalue weighted by Crippen LogP contribution is 2.40. The Labute approximate surface area is 216 Å². The number of ether oxygens (including phenoxy) is 3. The lowest BCUT2D eigenvalue weighted by molar-refractivity contribution is -0.145. The van der Waals surface area contributed by atoms with Gasteiger partial charge in [-0.2, -0.15) is 13.2 Å². The summed E-state index contributed by atoms with van der Waals surface area (Å²) in [6.45, 7) is 3.36. The molecule has 0 fully saturated rings. The third kappa shape index (κ3) is 5.53. The van der Waals surface area contributed by atoms with E-state index in [1.54, 1.807) is 42.7 Å². The van der Waals surface area contributed by atoms with Crippen LogP contribution in [-0.4, -0.2) is 28.9 Å². The Morgan fingerprint density at radius 3 is 2.32 bits per heavy atom. The Morgan fingerprint density at radius 1 is 1.03 bits per heavy atom. The lowest BCUT2D eigenvalue weighted by Gasteiger charge is -2.16. The van der Waals surface area contributed by atoms with Crippen molar-refractivity contribution in [3.63, 3.8) is 0 Å². The monoisotopic (exact) mass is 531 g/mol. The van der Waals surface area contributed by atoms with Crippen molar-refractivity contribution in [2.24, 2.45) is 0 Å². The van der Waals surface area contributed by atoms with Gasteiger partial charge >= 0.3 is 12.1 Å². The predicted molar refractivity (Wildman–Crippen MR) is 133 cm³/mol. The predicted octanol–water partition coefficient (Wildman–Crippen LogP) is 7.20. The van der Waals surface area contributed by atoms with Crippen molar-refractivity contribution in [2.45, 2.75) is 39.1 Å². The number of benzene rings is 3. The van der Waals surface area contributed by atoms with Crippen molar-refractivity contribution in [1.29, 1.82) is 0 Å². The zero-order valence-corrected chi connectivity index (χ0v) is 20.8. The number of alkyl halides is 3. The number of carboxylic acid groups (broad SMARTS) is 1. The molecule has 1 unspecified atom stereocenters. The van der Waals surface area contributed by atoms with Crippen LogP contribution in [0.15, 0.2) is 60.7 Å². The van der Waals surface area contributed by atoms with Crippen LogP contribution >= 0.6 is 0 Å². The maximum absolute atomic E-state index is 14.4. The second kappa shape index (κ2) is 10.6. The van der Waals surface area contributed by atoms with Gasteiger partial charge in [-0.25, -0.2) is 9.18 Å². The van der Waals surface area contributed by atoms with E-state index in [0.717, 1.165) is 18.2 Å². The molecule has 0 bridgehead atoms. The number of fused-ring (bicyclic) bond motifs is 1. The van der Waals surface area contributed by atoms with Gasteiger partial charge in [0.2, 0.25) is 0 Å². The fourth-order valence-corrected chi connectivity index (χ4v) is 4.10. The minimum absolute atomic E-state index is 0.0517. The molecule has 4 aromatic rings. The largest absolute Gasteiger partial charge is 0.497 e. The van der Waals surface area contributed by atoms with E-state index < -0.39 is 29.6 Å². The van der Waals surface area contributed by atoms with Gasteiger partial charge in [0, 0.05) is 11.9 Å². The molecule has 1 atom stereocenters. The Morgan fingerprint density at radius 2 is 1.71 bits per heavy atom. The van der Waals surface area contributed by atoms with E-state index in [1.165, 1.54) is 25.3 Å². The van der Waals surface area contributed by atoms with Crippen LogP contribution < -0.4 is 14.2 Å². The SMILES string of the molecule is CCC(Oc1cc(Cn2c(C)c(Oc3ccc(OC)cc3)c3ccc(C(F)(F)F)cc32)ccc1F)C(=O)O. The number of carbonyl (C=O) groups is 1. The fourth-order valence-electron chi connectivity index (χ4n) is 4.10. The first-order valence-corrected chi connectivity index (χ1v) is 11.7. The summed E-state index contributed by atoms with van der Waals surface area (Å²) in [6, 6.07) is 14.1. The lowest BCUT2D eigenvalue weighted by atomic mass is 10.1. The van der Waals surface area contributed by atoms with Crippen LogP contribution in [0.1, 0.15) is 30.2 Å². The van der Waals surface area contributed by atoms with E-state index in [4.69, 9.17) is 14.2 Å². The van der Waals surface area contributed by atoms with E-state index in [1.807, 2.05) is 0 Å². The summed E-state index contributed by atoms with van der Waals surface area (Å²) in [6.07, 6.45) is -5.68. The summed E-state index contributed by atoms with van der Waals surface area (Å²) in [7, 11) is 1.53. The first-order valence-electron chi connectivity index (χ1n) is 11.7. The van der Waals surface area contributed by atoms with E-state index in [2.05, 4.69) is 0 Å². The second-order valence-electron chi connectivity index (χ2n) is 8.63. The first kappa shape index (κ1) is 26.8. The van der Waals surface area contributed by atoms with Crippen molar-refractivity contribution in [3.8, 4) is 23.0 Å². The standard InChI is InChI=1S/C28H25F4NO5/c1-4-24(27(34)35)38-25-13-17(5-12-22(25)29)15-33-16(2)26(37-20-9-7-19(36-3)8-10-20)21-11-6-18(14-23(21)33)28(30,31)32/h5-14,24H,4,15H2,1-3H3,(H,34,35). The molecule has 38 heavy (non-hydrogen) atoms. The van der Waals surface area contributed by atoms with Gasteiger partial charge in [-0.15, -0.1) is 0 Å². The fraction of sp³-hybridized carbons (Fsp3) is 0.250. The minimum atomic E-state index is -4.56. The smallest absolute Gasteiger partial charge is 0.416 e. The quantitative estimate of drug-likeness (QED) is 0.231. The number of methoxy groups -OCH3 is 1. The van der Waals surface area contributed by atoms with Crippen LogP contribution in [0.2, 0.25) is 0 Å². The molecular formula is C28H25F4NO5. The summed E-state index contributed by atoms with van der Waals surface area (Å²) in [4.78, 5) is 11.4. The third-order valence-corrected chi connectivity index (χ3v) is 6.13. The van der Waals surface area contributed by atoms with Crippen LogP contribution in [-0.2, 0) is 17.5 Å². The summed E-state index contributed by atoms with van der Waals surface area (Å²) < 4.78 is 73.3. The molecule has 0 saturated heterocycles. The maximum Gasteiger partial charge on any atom is 0.416 e. The lowest BCUT2D eigenvalue weighted by Crippen LogP contribution is -2.26. The van der Waals surface area contributed by atoms with Crippen LogP contribution in [0, 0.1) is 12.7 Å². The van der Waals surface area contributed by atoms with Crippen molar-refractivity contribution in [3.05, 3.63) is 83.3 Å². The van der Waals surface area contributed by atoms with E-state index in [9.17, 15) is 27.5 Å². The zero-order valence-electron chi connectivity index (χ0n) is 20.8. The summed E-state index contributed by atoms with van der Waals surface area (Å²) in [5, 5.41) is 9.73. The van der Waals surface area contributed by atoms with E-state index in [0.29, 0.717) is 33.9 Å². The Hall–Kier alpha value is -4.21. The summed E-state index contributed by atoms with van der Waals surface area (Å²) >= 11 is 0. The number of aromatic nitrogens is 1. The number of hydrogen-bond acceptors (Lipinski definition) is 4. The summed E-state index contributed by atoms with van der Waals surface area (Å²) in [5.41, 5.74) is 0.480. The molecule has 0 aliphatic rings. The molecule has 1 heterocycles. The Bertz CT molecular complexity index is 1460. The third-order valence-electron chi connectivity index (χ3n) is 6.13. The van der Waals surface area contributed by atoms with Gasteiger partial charge in [-0.1, -0.05) is 13.0 Å². The molecule has 1 aromatic heterocycles. The van der Waals surface area contributed by atoms with E-state index >= 15 is 0 Å². The zero-order chi connectivity index (χ0) is 27.6. The number of halogens is 4. The van der Waals surface area contributed by atoms with Gasteiger partial charge in [-0.3, -0.25) is 0 Å². The van der Waals surface area contributed by atoms with Crippen molar-refractivity contribution in [2.75, 3.05) is 7.11 Å². The second-order valence-corrected chi connectivity index (χ2v) is 8.63. The maximum atomic E-state index is 14.4. The number of carboxylic acids is 1. The van der Waals surface area contributed by atoms with Crippen molar-refractivity contribution < 1.29 is 41.7 Å². The molecule has 0 aliphatic heterocycles. The van der Waals surface area contributed by atoms with Crippen LogP contribution in [0.3, 0.4) is 0 Å². The van der Waals surface area contributed by atoms with Crippen molar-refractivity contribution >= 4 is 16.9 Å². The van der Waals surface area contributed by atoms with Gasteiger partial charge in [0.05, 0.1) is 23.9 Å². The molecule has 0 amide bonds. The average Bonchev–Trinajstić information content (AvgIpc) is 3.14. The number of hydrogen-bond donors (Lipinski definition) is 1. The highest BCUT2D eigenvalue weighted by molar-refractivity contribution is 5.89. The van der Waals surface area contributed by atoms with E-state index in [-0.39, 0.29) is 24.2 Å².